The summed E-state index contributed by atoms with van der Waals surface area (Å²) < 4.78 is 24.1. The van der Waals surface area contributed by atoms with Crippen LogP contribution in [0.5, 0.6) is 0 Å². The lowest BCUT2D eigenvalue weighted by molar-refractivity contribution is 0.0145. The van der Waals surface area contributed by atoms with Gasteiger partial charge in [-0.15, -0.1) is 5.10 Å². The van der Waals surface area contributed by atoms with E-state index in [1.54, 1.807) is 12.1 Å². The summed E-state index contributed by atoms with van der Waals surface area (Å²) in [4.78, 5) is 17.6. The van der Waals surface area contributed by atoms with Crippen LogP contribution in [-0.2, 0) is 9.57 Å². The van der Waals surface area contributed by atoms with Crippen LogP contribution in [0.25, 0.3) is 10.2 Å². The Morgan fingerprint density at radius 2 is 2.16 bits per heavy atom. The van der Waals surface area contributed by atoms with Crippen LogP contribution >= 0.6 is 23.1 Å². The van der Waals surface area contributed by atoms with E-state index >= 15 is 4.39 Å². The van der Waals surface area contributed by atoms with Crippen LogP contribution in [0.15, 0.2) is 37.1 Å². The van der Waals surface area contributed by atoms with Crippen LogP contribution in [0, 0.1) is 5.82 Å². The highest BCUT2D eigenvalue weighted by atomic mass is 35.5. The normalized spacial score (nSPS) is 11.9. The SMILES string of the molecule is C1CN1.[B]c1ccc(Nc2c(C(=O)NOCCOC=C)cc3snnc3c2F)c(Cl)c1. The Morgan fingerprint density at radius 3 is 2.84 bits per heavy atom. The number of nitrogens with zero attached hydrogens (tertiary/aromatic N) is 2. The maximum Gasteiger partial charge on any atom is 0.277 e. The van der Waals surface area contributed by atoms with Gasteiger partial charge >= 0.3 is 0 Å². The number of ether oxygens (including phenoxy) is 1. The highest BCUT2D eigenvalue weighted by Crippen LogP contribution is 2.33. The smallest absolute Gasteiger partial charge is 0.277 e. The second kappa shape index (κ2) is 11.1. The lowest BCUT2D eigenvalue weighted by Gasteiger charge is -2.15. The maximum atomic E-state index is 15.0. The number of anilines is 2. The highest BCUT2D eigenvalue weighted by Gasteiger charge is 2.22. The lowest BCUT2D eigenvalue weighted by Crippen LogP contribution is -2.26. The molecule has 0 spiro atoms. The Kier molecular flexibility index (Phi) is 8.18. The molecule has 8 nitrogen and oxygen atoms in total. The van der Waals surface area contributed by atoms with Gasteiger partial charge in [-0.3, -0.25) is 9.63 Å². The van der Waals surface area contributed by atoms with E-state index in [4.69, 9.17) is 29.0 Å². The molecule has 2 radical (unpaired) electrons. The zero-order chi connectivity index (χ0) is 22.2. The van der Waals surface area contributed by atoms with Gasteiger partial charge in [0.05, 0.1) is 32.9 Å². The molecule has 2 aromatic carbocycles. The number of halogens is 2. The van der Waals surface area contributed by atoms with Crippen LogP contribution in [-0.4, -0.2) is 49.6 Å². The van der Waals surface area contributed by atoms with Crippen LogP contribution < -0.4 is 21.6 Å². The zero-order valence-corrected chi connectivity index (χ0v) is 17.9. The molecular weight excluding hydrogens is 444 g/mol. The summed E-state index contributed by atoms with van der Waals surface area (Å²) in [5.74, 6) is -1.40. The predicted molar refractivity (Wildman–Crippen MR) is 120 cm³/mol. The van der Waals surface area contributed by atoms with Crippen molar-refractivity contribution in [2.75, 3.05) is 31.6 Å². The van der Waals surface area contributed by atoms with E-state index in [0.29, 0.717) is 15.9 Å². The fourth-order valence-electron chi connectivity index (χ4n) is 2.30. The second-order valence-electron chi connectivity index (χ2n) is 6.16. The summed E-state index contributed by atoms with van der Waals surface area (Å²) in [5, 5.41) is 9.86. The lowest BCUT2D eigenvalue weighted by atomic mass is 9.96. The minimum Gasteiger partial charge on any atom is -0.499 e. The number of hydrogen-bond acceptors (Lipinski definition) is 8. The minimum absolute atomic E-state index is 0.00594. The van der Waals surface area contributed by atoms with Crippen molar-refractivity contribution in [2.24, 2.45) is 0 Å². The largest absolute Gasteiger partial charge is 0.499 e. The van der Waals surface area contributed by atoms with Gasteiger partial charge in [-0.1, -0.05) is 34.2 Å². The molecule has 31 heavy (non-hydrogen) atoms. The van der Waals surface area contributed by atoms with Crippen molar-refractivity contribution in [1.82, 2.24) is 20.4 Å². The van der Waals surface area contributed by atoms with E-state index in [0.717, 1.165) is 11.5 Å². The van der Waals surface area contributed by atoms with Crippen LogP contribution in [0.3, 0.4) is 0 Å². The van der Waals surface area contributed by atoms with Gasteiger partial charge in [0.15, 0.2) is 5.82 Å². The standard InChI is InChI=1S/C17H13BClFN4O3S.C2H5N/c1-2-26-5-6-27-23-17(25)10-8-13-16(22-24-28-13)14(20)15(10)21-12-4-3-9(18)7-11(12)19;1-2-3-1/h2-4,7-8,21H,1,5-6H2,(H,23,25);3H,1-2H2. The second-order valence-corrected chi connectivity index (χ2v) is 7.36. The third kappa shape index (κ3) is 6.38. The van der Waals surface area contributed by atoms with E-state index in [1.807, 2.05) is 0 Å². The van der Waals surface area contributed by atoms with Crippen molar-refractivity contribution in [3.63, 3.8) is 0 Å². The molecule has 1 saturated heterocycles. The van der Waals surface area contributed by atoms with Gasteiger partial charge in [0.2, 0.25) is 0 Å². The molecule has 4 rings (SSSR count). The molecule has 12 heteroatoms. The average Bonchev–Trinajstić information content (AvgIpc) is 3.56. The van der Waals surface area contributed by atoms with Crippen molar-refractivity contribution in [2.45, 2.75) is 0 Å². The fourth-order valence-corrected chi connectivity index (χ4v) is 3.13. The minimum atomic E-state index is -0.737. The summed E-state index contributed by atoms with van der Waals surface area (Å²) in [6.07, 6.45) is 1.25. The Morgan fingerprint density at radius 1 is 1.39 bits per heavy atom. The molecule has 0 bridgehead atoms. The number of benzene rings is 2. The molecule has 1 aliphatic rings. The topological polar surface area (TPSA) is 107 Å². The van der Waals surface area contributed by atoms with Crippen molar-refractivity contribution in [3.8, 4) is 0 Å². The Labute approximate surface area is 188 Å². The van der Waals surface area contributed by atoms with Gasteiger partial charge in [-0.25, -0.2) is 9.87 Å². The van der Waals surface area contributed by atoms with Crippen LogP contribution in [0.2, 0.25) is 5.02 Å². The number of fused-ring (bicyclic) bond motifs is 1. The number of amides is 1. The number of hydroxylamine groups is 1. The van der Waals surface area contributed by atoms with E-state index in [9.17, 15) is 4.79 Å². The number of rotatable bonds is 8. The predicted octanol–water partition coefficient (Wildman–Crippen LogP) is 2.43. The molecule has 0 saturated carbocycles. The molecule has 3 aromatic rings. The van der Waals surface area contributed by atoms with E-state index in [2.05, 4.69) is 32.3 Å². The molecule has 0 aliphatic carbocycles. The summed E-state index contributed by atoms with van der Waals surface area (Å²) in [6, 6.07) is 6.14. The molecule has 1 amide bonds. The maximum absolute atomic E-state index is 15.0. The molecule has 1 fully saturated rings. The van der Waals surface area contributed by atoms with Crippen molar-refractivity contribution in [3.05, 3.63) is 53.5 Å². The molecule has 0 atom stereocenters. The van der Waals surface area contributed by atoms with E-state index < -0.39 is 11.7 Å². The van der Waals surface area contributed by atoms with Crippen LogP contribution in [0.1, 0.15) is 10.4 Å². The molecular formula is C19H18BClFN5O3S. The summed E-state index contributed by atoms with van der Waals surface area (Å²) in [5.41, 5.74) is 2.97. The quantitative estimate of drug-likeness (QED) is 0.155. The van der Waals surface area contributed by atoms with Gasteiger partial charge in [-0.2, -0.15) is 0 Å². The molecule has 1 aliphatic heterocycles. The first-order valence-electron chi connectivity index (χ1n) is 9.13. The number of hydrogen-bond donors (Lipinski definition) is 3. The third-order valence-corrected chi connectivity index (χ3v) is 4.80. The zero-order valence-electron chi connectivity index (χ0n) is 16.3. The molecule has 3 N–H and O–H groups in total. The van der Waals surface area contributed by atoms with Gasteiger partial charge < -0.3 is 15.4 Å². The number of carbonyl (C=O) groups is 1. The monoisotopic (exact) mass is 461 g/mol. The first kappa shape index (κ1) is 22.9. The number of aromatic nitrogens is 2. The first-order valence-corrected chi connectivity index (χ1v) is 10.3. The molecule has 2 heterocycles. The highest BCUT2D eigenvalue weighted by molar-refractivity contribution is 7.13. The Hall–Kier alpha value is -2.73. The Bertz CT molecular complexity index is 1080. The Balaban J connectivity index is 0.000000834. The van der Waals surface area contributed by atoms with Gasteiger partial charge in [0.1, 0.15) is 26.6 Å². The van der Waals surface area contributed by atoms with Gasteiger partial charge in [0, 0.05) is 13.1 Å². The van der Waals surface area contributed by atoms with Crippen molar-refractivity contribution in [1.29, 1.82) is 0 Å². The van der Waals surface area contributed by atoms with Gasteiger partial charge in [-0.05, 0) is 29.7 Å². The molecule has 160 valence electrons. The number of carbonyl (C=O) groups excluding carboxylic acids is 1. The van der Waals surface area contributed by atoms with Crippen molar-refractivity contribution >= 4 is 63.9 Å². The van der Waals surface area contributed by atoms with Crippen molar-refractivity contribution < 1.29 is 18.8 Å². The number of nitrogens with one attached hydrogen (secondary N) is 3. The summed E-state index contributed by atoms with van der Waals surface area (Å²) in [6.45, 7) is 6.17. The van der Waals surface area contributed by atoms with E-state index in [-0.39, 0.29) is 35.0 Å². The molecule has 1 aromatic heterocycles. The first-order chi connectivity index (χ1) is 15.0. The molecule has 0 unspecified atom stereocenters. The van der Waals surface area contributed by atoms with E-state index in [1.165, 1.54) is 31.5 Å². The summed E-state index contributed by atoms with van der Waals surface area (Å²) >= 11 is 7.12. The average molecular weight is 462 g/mol. The fraction of sp³-hybridized carbons (Fsp3) is 0.211. The summed E-state index contributed by atoms with van der Waals surface area (Å²) in [7, 11) is 5.68. The third-order valence-electron chi connectivity index (χ3n) is 3.82. The van der Waals surface area contributed by atoms with Crippen LogP contribution in [0.4, 0.5) is 15.8 Å². The van der Waals surface area contributed by atoms with Gasteiger partial charge in [0.25, 0.3) is 5.91 Å².